The van der Waals surface area contributed by atoms with Crippen LogP contribution in [0.2, 0.25) is 0 Å². The van der Waals surface area contributed by atoms with Crippen LogP contribution in [-0.4, -0.2) is 18.8 Å². The van der Waals surface area contributed by atoms with Gasteiger partial charge >= 0.3 is 0 Å². The van der Waals surface area contributed by atoms with Crippen LogP contribution in [0.3, 0.4) is 0 Å². The highest BCUT2D eigenvalue weighted by Crippen LogP contribution is 2.17. The second-order valence-corrected chi connectivity index (χ2v) is 5.65. The first-order chi connectivity index (χ1) is 7.09. The van der Waals surface area contributed by atoms with Crippen LogP contribution in [0.4, 0.5) is 0 Å². The van der Waals surface area contributed by atoms with Crippen molar-refractivity contribution in [2.45, 2.75) is 24.7 Å². The maximum Gasteiger partial charge on any atom is 0.256 e. The summed E-state index contributed by atoms with van der Waals surface area (Å²) < 4.78 is 24.5. The molecule has 0 amide bonds. The molecule has 0 atom stereocenters. The molecule has 0 heterocycles. The number of nitrogens with zero attached hydrogens (tertiary/aromatic N) is 1. The molecule has 0 bridgehead atoms. The Morgan fingerprint density at radius 1 is 1.27 bits per heavy atom. The fourth-order valence-corrected chi connectivity index (χ4v) is 2.57. The molecule has 0 fully saturated rings. The molecule has 3 nitrogen and oxygen atoms in total. The number of sulfonamides is 1. The minimum Gasteiger partial charge on any atom is -0.206 e. The van der Waals surface area contributed by atoms with E-state index in [1.54, 1.807) is 18.2 Å². The van der Waals surface area contributed by atoms with Gasteiger partial charge in [0, 0.05) is 6.54 Å². The topological polar surface area (TPSA) is 37.4 Å². The number of rotatable bonds is 5. The predicted molar refractivity (Wildman–Crippen MR) is 61.1 cm³/mol. The van der Waals surface area contributed by atoms with E-state index in [4.69, 9.17) is 11.8 Å². The highest BCUT2D eigenvalue weighted by Gasteiger charge is 2.21. The van der Waals surface area contributed by atoms with Crippen molar-refractivity contribution in [3.05, 3.63) is 30.3 Å². The van der Waals surface area contributed by atoms with Crippen molar-refractivity contribution in [2.24, 2.45) is 0 Å². The van der Waals surface area contributed by atoms with E-state index in [-0.39, 0.29) is 4.90 Å². The summed E-state index contributed by atoms with van der Waals surface area (Å²) in [7, 11) is -3.51. The van der Waals surface area contributed by atoms with Crippen molar-refractivity contribution in [3.8, 4) is 0 Å². The SMILES string of the molecule is CCCCN(Cl)S(=O)(=O)c1ccccc1. The van der Waals surface area contributed by atoms with Crippen LogP contribution < -0.4 is 0 Å². The van der Waals surface area contributed by atoms with Crippen LogP contribution in [0, 0.1) is 0 Å². The zero-order chi connectivity index (χ0) is 11.3. The summed E-state index contributed by atoms with van der Waals surface area (Å²) in [5, 5.41) is 0. The normalized spacial score (nSPS) is 11.9. The van der Waals surface area contributed by atoms with E-state index in [1.165, 1.54) is 12.1 Å². The molecule has 84 valence electrons. The van der Waals surface area contributed by atoms with Crippen LogP contribution in [0.25, 0.3) is 0 Å². The van der Waals surface area contributed by atoms with Crippen LogP contribution in [0.1, 0.15) is 19.8 Å². The van der Waals surface area contributed by atoms with E-state index >= 15 is 0 Å². The van der Waals surface area contributed by atoms with Crippen LogP contribution in [0.5, 0.6) is 0 Å². The molecular weight excluding hydrogens is 234 g/mol. The van der Waals surface area contributed by atoms with Gasteiger partial charge in [-0.05, 0) is 30.3 Å². The summed E-state index contributed by atoms with van der Waals surface area (Å²) in [5.74, 6) is 0. The highest BCUT2D eigenvalue weighted by molar-refractivity contribution is 7.90. The minimum atomic E-state index is -3.51. The first-order valence-corrected chi connectivity index (χ1v) is 6.60. The third-order valence-electron chi connectivity index (χ3n) is 1.99. The summed E-state index contributed by atoms with van der Waals surface area (Å²) in [5.41, 5.74) is 0. The van der Waals surface area contributed by atoms with Crippen molar-refractivity contribution in [1.82, 2.24) is 3.82 Å². The summed E-state index contributed by atoms with van der Waals surface area (Å²) in [4.78, 5) is 0.233. The van der Waals surface area contributed by atoms with Gasteiger partial charge in [-0.15, -0.1) is 3.82 Å². The quantitative estimate of drug-likeness (QED) is 0.750. The Morgan fingerprint density at radius 3 is 2.40 bits per heavy atom. The number of hydrogen-bond donors (Lipinski definition) is 0. The molecule has 5 heteroatoms. The lowest BCUT2D eigenvalue weighted by atomic mass is 10.3. The van der Waals surface area contributed by atoms with Gasteiger partial charge < -0.3 is 0 Å². The largest absolute Gasteiger partial charge is 0.256 e. The highest BCUT2D eigenvalue weighted by atomic mass is 35.5. The number of benzene rings is 1. The molecule has 0 aliphatic rings. The molecule has 0 saturated heterocycles. The summed E-state index contributed by atoms with van der Waals surface area (Å²) in [6.45, 7) is 2.33. The van der Waals surface area contributed by atoms with Gasteiger partial charge in [0.2, 0.25) is 0 Å². The van der Waals surface area contributed by atoms with E-state index in [9.17, 15) is 8.42 Å². The Morgan fingerprint density at radius 2 is 1.87 bits per heavy atom. The summed E-state index contributed by atoms with van der Waals surface area (Å²) in [6.07, 6.45) is 1.67. The molecule has 1 aromatic rings. The lowest BCUT2D eigenvalue weighted by Crippen LogP contribution is -2.22. The van der Waals surface area contributed by atoms with E-state index in [0.717, 1.165) is 16.7 Å². The standard InChI is InChI=1S/C10H14ClNO2S/c1-2-3-9-12(11)15(13,14)10-7-5-4-6-8-10/h4-8H,2-3,9H2,1H3. The Hall–Kier alpha value is -0.580. The van der Waals surface area contributed by atoms with Gasteiger partial charge in [-0.2, -0.15) is 0 Å². The Bertz CT molecular complexity index is 391. The lowest BCUT2D eigenvalue weighted by Gasteiger charge is -2.13. The lowest BCUT2D eigenvalue weighted by molar-refractivity contribution is 0.526. The van der Waals surface area contributed by atoms with Crippen molar-refractivity contribution in [3.63, 3.8) is 0 Å². The second kappa shape index (κ2) is 5.49. The van der Waals surface area contributed by atoms with E-state index < -0.39 is 10.0 Å². The molecule has 0 saturated carbocycles. The molecule has 15 heavy (non-hydrogen) atoms. The third-order valence-corrected chi connectivity index (χ3v) is 4.28. The second-order valence-electron chi connectivity index (χ2n) is 3.18. The number of unbranched alkanes of at least 4 members (excludes halogenated alkanes) is 1. The monoisotopic (exact) mass is 247 g/mol. The van der Waals surface area contributed by atoms with Gasteiger partial charge in [-0.3, -0.25) is 0 Å². The smallest absolute Gasteiger partial charge is 0.206 e. The zero-order valence-corrected chi connectivity index (χ0v) is 10.1. The third kappa shape index (κ3) is 3.19. The molecule has 1 aromatic carbocycles. The van der Waals surface area contributed by atoms with Gasteiger partial charge in [0.1, 0.15) is 0 Å². The zero-order valence-electron chi connectivity index (χ0n) is 8.56. The molecule has 1 rings (SSSR count). The molecule has 0 aliphatic heterocycles. The molecule has 0 spiro atoms. The van der Waals surface area contributed by atoms with Gasteiger partial charge in [0.25, 0.3) is 10.0 Å². The number of hydrogen-bond acceptors (Lipinski definition) is 2. The molecule has 0 radical (unpaired) electrons. The molecule has 0 N–H and O–H groups in total. The van der Waals surface area contributed by atoms with Crippen LogP contribution >= 0.6 is 11.8 Å². The Balaban J connectivity index is 2.84. The summed E-state index contributed by atoms with van der Waals surface area (Å²) >= 11 is 5.73. The van der Waals surface area contributed by atoms with E-state index in [1.807, 2.05) is 6.92 Å². The predicted octanol–water partition coefficient (Wildman–Crippen LogP) is 2.63. The maximum absolute atomic E-state index is 11.8. The minimum absolute atomic E-state index is 0.233. The van der Waals surface area contributed by atoms with Gasteiger partial charge in [-0.25, -0.2) is 8.42 Å². The van der Waals surface area contributed by atoms with Crippen LogP contribution in [-0.2, 0) is 10.0 Å². The first kappa shape index (κ1) is 12.5. The average Bonchev–Trinajstić information content (AvgIpc) is 2.27. The van der Waals surface area contributed by atoms with Crippen molar-refractivity contribution in [1.29, 1.82) is 0 Å². The van der Waals surface area contributed by atoms with Gasteiger partial charge in [-0.1, -0.05) is 31.5 Å². The molecule has 0 aromatic heterocycles. The van der Waals surface area contributed by atoms with Crippen LogP contribution in [0.15, 0.2) is 35.2 Å². The maximum atomic E-state index is 11.8. The first-order valence-electron chi connectivity index (χ1n) is 4.82. The van der Waals surface area contributed by atoms with Crippen molar-refractivity contribution in [2.75, 3.05) is 6.54 Å². The van der Waals surface area contributed by atoms with E-state index in [2.05, 4.69) is 0 Å². The van der Waals surface area contributed by atoms with Crippen molar-refractivity contribution < 1.29 is 8.42 Å². The fraction of sp³-hybridized carbons (Fsp3) is 0.400. The molecule has 0 unspecified atom stereocenters. The Kier molecular flexibility index (Phi) is 4.57. The number of halogens is 1. The van der Waals surface area contributed by atoms with Crippen molar-refractivity contribution >= 4 is 21.8 Å². The van der Waals surface area contributed by atoms with Gasteiger partial charge in [0.05, 0.1) is 4.90 Å². The summed E-state index contributed by atoms with van der Waals surface area (Å²) in [6, 6.07) is 8.20. The Labute approximate surface area is 95.8 Å². The van der Waals surface area contributed by atoms with E-state index in [0.29, 0.717) is 6.54 Å². The molecule has 0 aliphatic carbocycles. The fourth-order valence-electron chi connectivity index (χ4n) is 1.11. The van der Waals surface area contributed by atoms with Gasteiger partial charge in [0.15, 0.2) is 0 Å². The molecular formula is C10H14ClNO2S. The average molecular weight is 248 g/mol.